The predicted molar refractivity (Wildman–Crippen MR) is 37.7 cm³/mol. The summed E-state index contributed by atoms with van der Waals surface area (Å²) in [6, 6.07) is 0. The van der Waals surface area contributed by atoms with Gasteiger partial charge in [0.1, 0.15) is 0 Å². The van der Waals surface area contributed by atoms with Crippen LogP contribution in [0.15, 0.2) is 0 Å². The molecule has 0 saturated carbocycles. The van der Waals surface area contributed by atoms with Gasteiger partial charge in [-0.15, -0.1) is 0 Å². The van der Waals surface area contributed by atoms with Crippen molar-refractivity contribution in [3.8, 4) is 0 Å². The van der Waals surface area contributed by atoms with Gasteiger partial charge < -0.3 is 10.2 Å². The number of carbonyl (C=O) groups is 1. The number of aliphatic hydroxyl groups is 1. The predicted octanol–water partition coefficient (Wildman–Crippen LogP) is 0.870. The zero-order valence-corrected chi connectivity index (χ0v) is 6.21. The zero-order valence-electron chi connectivity index (χ0n) is 6.21. The fourth-order valence-corrected chi connectivity index (χ4v) is 0.913. The van der Waals surface area contributed by atoms with Crippen LogP contribution in [0.25, 0.3) is 0 Å². The maximum Gasteiger partial charge on any atom is 0.303 e. The smallest absolute Gasteiger partial charge is 0.303 e. The van der Waals surface area contributed by atoms with E-state index in [-0.39, 0.29) is 18.9 Å². The topological polar surface area (TPSA) is 57.5 Å². The first kappa shape index (κ1) is 9.43. The molecule has 0 heterocycles. The Morgan fingerprint density at radius 2 is 2.20 bits per heavy atom. The molecule has 0 fully saturated rings. The van der Waals surface area contributed by atoms with Crippen LogP contribution >= 0.6 is 0 Å². The highest BCUT2D eigenvalue weighted by Crippen LogP contribution is 2.09. The molecule has 0 aromatic rings. The molecule has 0 amide bonds. The summed E-state index contributed by atoms with van der Waals surface area (Å²) in [4.78, 5) is 10.1. The molecule has 3 nitrogen and oxygen atoms in total. The first-order valence-electron chi connectivity index (χ1n) is 3.53. The van der Waals surface area contributed by atoms with Crippen LogP contribution in [0.3, 0.4) is 0 Å². The van der Waals surface area contributed by atoms with Gasteiger partial charge in [-0.3, -0.25) is 4.79 Å². The maximum absolute atomic E-state index is 10.1. The molecular formula is C7H14O3. The van der Waals surface area contributed by atoms with Crippen molar-refractivity contribution in [1.29, 1.82) is 0 Å². The second-order valence-electron chi connectivity index (χ2n) is 2.44. The van der Waals surface area contributed by atoms with Gasteiger partial charge in [-0.2, -0.15) is 0 Å². The van der Waals surface area contributed by atoms with E-state index in [4.69, 9.17) is 10.2 Å². The summed E-state index contributed by atoms with van der Waals surface area (Å²) >= 11 is 0. The van der Waals surface area contributed by atoms with Gasteiger partial charge >= 0.3 is 5.97 Å². The lowest BCUT2D eigenvalue weighted by Gasteiger charge is -2.08. The number of rotatable bonds is 5. The summed E-state index contributed by atoms with van der Waals surface area (Å²) in [6.45, 7) is 1.96. The third-order valence-electron chi connectivity index (χ3n) is 1.42. The van der Waals surface area contributed by atoms with E-state index in [9.17, 15) is 4.79 Å². The number of carboxylic acid groups (broad SMARTS) is 1. The first-order valence-corrected chi connectivity index (χ1v) is 3.53. The largest absolute Gasteiger partial charge is 0.481 e. The van der Waals surface area contributed by atoms with Crippen LogP contribution in [0.5, 0.6) is 0 Å². The van der Waals surface area contributed by atoms with Gasteiger partial charge in [0.2, 0.25) is 0 Å². The van der Waals surface area contributed by atoms with Crippen LogP contribution in [-0.4, -0.2) is 22.8 Å². The van der Waals surface area contributed by atoms with E-state index in [0.717, 1.165) is 12.8 Å². The van der Waals surface area contributed by atoms with Gasteiger partial charge in [-0.05, 0) is 12.3 Å². The molecule has 2 N–H and O–H groups in total. The number of carboxylic acids is 1. The molecule has 0 aromatic carbocycles. The van der Waals surface area contributed by atoms with Gasteiger partial charge in [-0.25, -0.2) is 0 Å². The second kappa shape index (κ2) is 5.23. The van der Waals surface area contributed by atoms with E-state index in [2.05, 4.69) is 0 Å². The van der Waals surface area contributed by atoms with Crippen LogP contribution in [0.1, 0.15) is 26.2 Å². The summed E-state index contributed by atoms with van der Waals surface area (Å²) in [5.74, 6) is -0.880. The molecule has 1 unspecified atom stereocenters. The van der Waals surface area contributed by atoms with E-state index in [1.807, 2.05) is 6.92 Å². The number of hydrogen-bond acceptors (Lipinski definition) is 2. The molecule has 0 aliphatic carbocycles. The monoisotopic (exact) mass is 146 g/mol. The van der Waals surface area contributed by atoms with Crippen molar-refractivity contribution >= 4 is 5.97 Å². The summed E-state index contributed by atoms with van der Waals surface area (Å²) in [5.41, 5.74) is 0. The molecule has 0 aliphatic heterocycles. The molecule has 0 bridgehead atoms. The molecule has 1 atom stereocenters. The summed E-state index contributed by atoms with van der Waals surface area (Å²) in [7, 11) is 0. The molecular weight excluding hydrogens is 132 g/mol. The Bertz CT molecular complexity index is 101. The van der Waals surface area contributed by atoms with E-state index in [0.29, 0.717) is 0 Å². The van der Waals surface area contributed by atoms with Crippen molar-refractivity contribution < 1.29 is 15.0 Å². The number of aliphatic carboxylic acids is 1. The molecule has 0 rings (SSSR count). The van der Waals surface area contributed by atoms with Gasteiger partial charge in [0.05, 0.1) is 6.42 Å². The third kappa shape index (κ3) is 4.32. The minimum absolute atomic E-state index is 0.0137. The average molecular weight is 146 g/mol. The van der Waals surface area contributed by atoms with E-state index < -0.39 is 5.97 Å². The Balaban J connectivity index is 3.49. The highest BCUT2D eigenvalue weighted by molar-refractivity contribution is 5.66. The van der Waals surface area contributed by atoms with Gasteiger partial charge in [0.25, 0.3) is 0 Å². The Morgan fingerprint density at radius 3 is 2.50 bits per heavy atom. The lowest BCUT2D eigenvalue weighted by atomic mass is 10.0. The van der Waals surface area contributed by atoms with Gasteiger partial charge in [0.15, 0.2) is 0 Å². The SMILES string of the molecule is CCCC(CO)CC(=O)O. The lowest BCUT2D eigenvalue weighted by molar-refractivity contribution is -0.138. The van der Waals surface area contributed by atoms with Crippen LogP contribution in [0.2, 0.25) is 0 Å². The average Bonchev–Trinajstić information content (AvgIpc) is 1.86. The van der Waals surface area contributed by atoms with Crippen molar-refractivity contribution in [1.82, 2.24) is 0 Å². The fraction of sp³-hybridized carbons (Fsp3) is 0.857. The van der Waals surface area contributed by atoms with Gasteiger partial charge in [-0.1, -0.05) is 13.3 Å². The van der Waals surface area contributed by atoms with Crippen molar-refractivity contribution in [3.63, 3.8) is 0 Å². The Kier molecular flexibility index (Phi) is 4.94. The molecule has 0 spiro atoms. The maximum atomic E-state index is 10.1. The third-order valence-corrected chi connectivity index (χ3v) is 1.42. The van der Waals surface area contributed by atoms with Crippen LogP contribution in [0.4, 0.5) is 0 Å². The Hall–Kier alpha value is -0.570. The van der Waals surface area contributed by atoms with E-state index >= 15 is 0 Å². The number of aliphatic hydroxyl groups excluding tert-OH is 1. The molecule has 3 heteroatoms. The first-order chi connectivity index (χ1) is 4.70. The normalized spacial score (nSPS) is 13.0. The van der Waals surface area contributed by atoms with Crippen LogP contribution in [-0.2, 0) is 4.79 Å². The van der Waals surface area contributed by atoms with Crippen LogP contribution in [0, 0.1) is 5.92 Å². The summed E-state index contributed by atoms with van der Waals surface area (Å²) in [5, 5.41) is 17.0. The van der Waals surface area contributed by atoms with Crippen molar-refractivity contribution in [2.45, 2.75) is 26.2 Å². The van der Waals surface area contributed by atoms with E-state index in [1.54, 1.807) is 0 Å². The molecule has 0 aliphatic rings. The quantitative estimate of drug-likeness (QED) is 0.605. The zero-order chi connectivity index (χ0) is 7.98. The van der Waals surface area contributed by atoms with Crippen molar-refractivity contribution in [2.75, 3.05) is 6.61 Å². The minimum atomic E-state index is -0.826. The Labute approximate surface area is 60.7 Å². The molecule has 0 saturated heterocycles. The summed E-state index contributed by atoms with van der Waals surface area (Å²) in [6.07, 6.45) is 1.81. The molecule has 10 heavy (non-hydrogen) atoms. The van der Waals surface area contributed by atoms with Crippen LogP contribution < -0.4 is 0 Å². The molecule has 0 radical (unpaired) electrons. The Morgan fingerprint density at radius 1 is 1.60 bits per heavy atom. The van der Waals surface area contributed by atoms with Gasteiger partial charge in [0, 0.05) is 6.61 Å². The second-order valence-corrected chi connectivity index (χ2v) is 2.44. The lowest BCUT2D eigenvalue weighted by Crippen LogP contribution is -2.11. The van der Waals surface area contributed by atoms with Crippen molar-refractivity contribution in [2.24, 2.45) is 5.92 Å². The fourth-order valence-electron chi connectivity index (χ4n) is 0.913. The standard InChI is InChI=1S/C7H14O3/c1-2-3-6(5-8)4-7(9)10/h6,8H,2-5H2,1H3,(H,9,10). The molecule has 0 aromatic heterocycles. The van der Waals surface area contributed by atoms with Crippen molar-refractivity contribution in [3.05, 3.63) is 0 Å². The number of hydrogen-bond donors (Lipinski definition) is 2. The minimum Gasteiger partial charge on any atom is -0.481 e. The highest BCUT2D eigenvalue weighted by atomic mass is 16.4. The highest BCUT2D eigenvalue weighted by Gasteiger charge is 2.09. The molecule has 60 valence electrons. The van der Waals surface area contributed by atoms with E-state index in [1.165, 1.54) is 0 Å². The summed E-state index contributed by atoms with van der Waals surface area (Å²) < 4.78 is 0.